The largest absolute Gasteiger partial charge is 0.478 e. The normalized spacial score (nSPS) is 10.7. The number of aromatic carboxylic acids is 1. The minimum Gasteiger partial charge on any atom is -0.478 e. The summed E-state index contributed by atoms with van der Waals surface area (Å²) in [5.74, 6) is -0.914. The first-order valence-electron chi connectivity index (χ1n) is 3.74. The minimum atomic E-state index is -0.914. The molecule has 0 unspecified atom stereocenters. The minimum absolute atomic E-state index is 0.310. The van der Waals surface area contributed by atoms with Gasteiger partial charge in [-0.2, -0.15) is 0 Å². The summed E-state index contributed by atoms with van der Waals surface area (Å²) in [5.41, 5.74) is 0.310. The number of halogens is 1. The second kappa shape index (κ2) is 3.71. The lowest BCUT2D eigenvalue weighted by molar-refractivity contribution is 0.0696. The van der Waals surface area contributed by atoms with Crippen LogP contribution in [-0.4, -0.2) is 11.1 Å². The van der Waals surface area contributed by atoms with E-state index in [0.29, 0.717) is 9.77 Å². The third-order valence-corrected chi connectivity index (χ3v) is 3.97. The van der Waals surface area contributed by atoms with E-state index in [-0.39, 0.29) is 0 Å². The molecule has 1 N–H and O–H groups in total. The SMILES string of the molecule is O=C(O)c1c(S)sc2cc(I)ccc12. The quantitative estimate of drug-likeness (QED) is 0.618. The summed E-state index contributed by atoms with van der Waals surface area (Å²) in [6.07, 6.45) is 0. The Hall–Kier alpha value is -0.270. The number of carbonyl (C=O) groups is 1. The Morgan fingerprint density at radius 2 is 2.21 bits per heavy atom. The number of benzene rings is 1. The third-order valence-electron chi connectivity index (χ3n) is 1.85. The van der Waals surface area contributed by atoms with Crippen LogP contribution in [0.1, 0.15) is 10.4 Å². The summed E-state index contributed by atoms with van der Waals surface area (Å²) in [6.45, 7) is 0. The topological polar surface area (TPSA) is 37.3 Å². The average Bonchev–Trinajstić information content (AvgIpc) is 2.39. The van der Waals surface area contributed by atoms with E-state index in [0.717, 1.165) is 13.7 Å². The lowest BCUT2D eigenvalue weighted by Crippen LogP contribution is -1.94. The number of carboxylic acids is 1. The maximum absolute atomic E-state index is 10.9. The first kappa shape index (κ1) is 10.3. The van der Waals surface area contributed by atoms with Crippen LogP contribution >= 0.6 is 46.6 Å². The fourth-order valence-corrected chi connectivity index (χ4v) is 3.45. The van der Waals surface area contributed by atoms with Crippen molar-refractivity contribution in [1.82, 2.24) is 0 Å². The van der Waals surface area contributed by atoms with E-state index in [2.05, 4.69) is 35.2 Å². The molecule has 1 aromatic carbocycles. The van der Waals surface area contributed by atoms with E-state index >= 15 is 0 Å². The number of thiol groups is 1. The second-order valence-corrected chi connectivity index (χ2v) is 5.78. The van der Waals surface area contributed by atoms with Crippen molar-refractivity contribution in [3.05, 3.63) is 27.3 Å². The van der Waals surface area contributed by atoms with Gasteiger partial charge in [-0.05, 0) is 34.7 Å². The van der Waals surface area contributed by atoms with Crippen molar-refractivity contribution in [3.8, 4) is 0 Å². The molecule has 0 aliphatic heterocycles. The maximum atomic E-state index is 10.9. The van der Waals surface area contributed by atoms with Gasteiger partial charge in [-0.1, -0.05) is 6.07 Å². The zero-order valence-electron chi connectivity index (χ0n) is 6.82. The molecule has 2 nitrogen and oxygen atoms in total. The van der Waals surface area contributed by atoms with E-state index in [4.69, 9.17) is 5.11 Å². The number of hydrogen-bond donors (Lipinski definition) is 2. The van der Waals surface area contributed by atoms with E-state index in [1.54, 1.807) is 0 Å². The van der Waals surface area contributed by atoms with Crippen LogP contribution in [0.5, 0.6) is 0 Å². The molecule has 2 rings (SSSR count). The van der Waals surface area contributed by atoms with Gasteiger partial charge in [0.15, 0.2) is 0 Å². The first-order chi connectivity index (χ1) is 6.59. The van der Waals surface area contributed by atoms with Crippen LogP contribution in [0.4, 0.5) is 0 Å². The molecule has 5 heteroatoms. The van der Waals surface area contributed by atoms with Crippen molar-refractivity contribution in [1.29, 1.82) is 0 Å². The predicted octanol–water partition coefficient (Wildman–Crippen LogP) is 3.49. The van der Waals surface area contributed by atoms with Crippen LogP contribution in [0.25, 0.3) is 10.1 Å². The molecule has 14 heavy (non-hydrogen) atoms. The van der Waals surface area contributed by atoms with Gasteiger partial charge >= 0.3 is 5.97 Å². The highest BCUT2D eigenvalue weighted by atomic mass is 127. The van der Waals surface area contributed by atoms with E-state index < -0.39 is 5.97 Å². The molecule has 0 aliphatic carbocycles. The molecule has 0 saturated carbocycles. The highest BCUT2D eigenvalue weighted by Crippen LogP contribution is 2.34. The van der Waals surface area contributed by atoms with Crippen LogP contribution in [0, 0.1) is 3.57 Å². The van der Waals surface area contributed by atoms with Gasteiger partial charge in [0.05, 0.1) is 9.77 Å². The fraction of sp³-hybridized carbons (Fsp3) is 0. The Morgan fingerprint density at radius 3 is 2.86 bits per heavy atom. The molecule has 0 amide bonds. The Labute approximate surface area is 103 Å². The molecule has 2 aromatic rings. The molecule has 0 saturated heterocycles. The lowest BCUT2D eigenvalue weighted by Gasteiger charge is -1.93. The lowest BCUT2D eigenvalue weighted by atomic mass is 10.2. The molecular formula is C9H5IO2S2. The molecule has 0 spiro atoms. The Morgan fingerprint density at radius 1 is 1.50 bits per heavy atom. The standard InChI is InChI=1S/C9H5IO2S2/c10-4-1-2-5-6(3-4)14-9(13)7(5)8(11)12/h1-3,13H,(H,11,12). The highest BCUT2D eigenvalue weighted by molar-refractivity contribution is 14.1. The van der Waals surface area contributed by atoms with Crippen LogP contribution in [-0.2, 0) is 0 Å². The highest BCUT2D eigenvalue weighted by Gasteiger charge is 2.15. The van der Waals surface area contributed by atoms with Crippen LogP contribution in [0.2, 0.25) is 0 Å². The summed E-state index contributed by atoms with van der Waals surface area (Å²) in [6, 6.07) is 5.69. The number of hydrogen-bond acceptors (Lipinski definition) is 3. The summed E-state index contributed by atoms with van der Waals surface area (Å²) in [5, 5.41) is 9.75. The Kier molecular flexibility index (Phi) is 2.72. The van der Waals surface area contributed by atoms with E-state index in [1.165, 1.54) is 11.3 Å². The van der Waals surface area contributed by atoms with Crippen molar-refractivity contribution in [2.45, 2.75) is 4.21 Å². The molecule has 0 aliphatic rings. The zero-order chi connectivity index (χ0) is 10.3. The van der Waals surface area contributed by atoms with Crippen molar-refractivity contribution < 1.29 is 9.90 Å². The predicted molar refractivity (Wildman–Crippen MR) is 68.8 cm³/mol. The number of carboxylic acid groups (broad SMARTS) is 1. The molecular weight excluding hydrogens is 331 g/mol. The molecule has 1 heterocycles. The van der Waals surface area contributed by atoms with Crippen molar-refractivity contribution in [3.63, 3.8) is 0 Å². The van der Waals surface area contributed by atoms with Crippen LogP contribution in [0.15, 0.2) is 22.4 Å². The van der Waals surface area contributed by atoms with Gasteiger partial charge in [-0.3, -0.25) is 0 Å². The van der Waals surface area contributed by atoms with E-state index in [9.17, 15) is 4.79 Å². The molecule has 0 bridgehead atoms. The number of fused-ring (bicyclic) bond motifs is 1. The van der Waals surface area contributed by atoms with Crippen LogP contribution < -0.4 is 0 Å². The van der Waals surface area contributed by atoms with Crippen LogP contribution in [0.3, 0.4) is 0 Å². The molecule has 0 fully saturated rings. The molecule has 1 aromatic heterocycles. The first-order valence-corrected chi connectivity index (χ1v) is 6.08. The fourth-order valence-electron chi connectivity index (χ4n) is 1.26. The number of thiophene rings is 1. The van der Waals surface area contributed by atoms with Gasteiger partial charge in [0.1, 0.15) is 0 Å². The van der Waals surface area contributed by atoms with Crippen molar-refractivity contribution in [2.75, 3.05) is 0 Å². The van der Waals surface area contributed by atoms with Gasteiger partial charge in [0.2, 0.25) is 0 Å². The Bertz CT molecular complexity index is 519. The molecule has 0 radical (unpaired) electrons. The van der Waals surface area contributed by atoms with Gasteiger partial charge in [-0.15, -0.1) is 24.0 Å². The zero-order valence-corrected chi connectivity index (χ0v) is 10.7. The number of rotatable bonds is 1. The van der Waals surface area contributed by atoms with Crippen molar-refractivity contribution >= 4 is 62.6 Å². The smallest absolute Gasteiger partial charge is 0.338 e. The second-order valence-electron chi connectivity index (χ2n) is 2.73. The monoisotopic (exact) mass is 336 g/mol. The third kappa shape index (κ3) is 1.64. The van der Waals surface area contributed by atoms with Gasteiger partial charge < -0.3 is 5.11 Å². The maximum Gasteiger partial charge on any atom is 0.338 e. The van der Waals surface area contributed by atoms with Gasteiger partial charge in [-0.25, -0.2) is 4.79 Å². The summed E-state index contributed by atoms with van der Waals surface area (Å²) in [4.78, 5) is 10.9. The Balaban J connectivity index is 2.84. The summed E-state index contributed by atoms with van der Waals surface area (Å²) < 4.78 is 2.63. The van der Waals surface area contributed by atoms with Gasteiger partial charge in [0.25, 0.3) is 0 Å². The summed E-state index contributed by atoms with van der Waals surface area (Å²) in [7, 11) is 0. The molecule has 72 valence electrons. The van der Waals surface area contributed by atoms with Gasteiger partial charge in [0, 0.05) is 13.7 Å². The average molecular weight is 336 g/mol. The molecule has 0 atom stereocenters. The van der Waals surface area contributed by atoms with Crippen molar-refractivity contribution in [2.24, 2.45) is 0 Å². The summed E-state index contributed by atoms with van der Waals surface area (Å²) >= 11 is 7.77. The van der Waals surface area contributed by atoms with E-state index in [1.807, 2.05) is 18.2 Å².